The first kappa shape index (κ1) is 13.2. The largest absolute Gasteiger partial charge is 0.274 e. The quantitative estimate of drug-likeness (QED) is 0.627. The fourth-order valence-electron chi connectivity index (χ4n) is 1.93. The van der Waals surface area contributed by atoms with Crippen LogP contribution in [0.15, 0.2) is 24.3 Å². The summed E-state index contributed by atoms with van der Waals surface area (Å²) in [6.07, 6.45) is 3.42. The summed E-state index contributed by atoms with van der Waals surface area (Å²) < 4.78 is 0.909. The van der Waals surface area contributed by atoms with Gasteiger partial charge < -0.3 is 0 Å². The predicted molar refractivity (Wildman–Crippen MR) is 77.2 cm³/mol. The standard InChI is InChI=1S/C13H13NO2S2/c1-18-11(17)7-4-8-14-12(15)9-5-2-3-6-10(9)13(14)16/h2-3,5-6H,4,7-8H2,1H3. The fourth-order valence-corrected chi connectivity index (χ4v) is 2.42. The number of nitrogens with zero attached hydrogens (tertiary/aromatic N) is 1. The molecule has 0 saturated carbocycles. The second-order valence-electron chi connectivity index (χ2n) is 3.99. The van der Waals surface area contributed by atoms with Crippen molar-refractivity contribution < 1.29 is 9.59 Å². The van der Waals surface area contributed by atoms with Crippen LogP contribution in [0.4, 0.5) is 0 Å². The van der Waals surface area contributed by atoms with Gasteiger partial charge in [0, 0.05) is 10.7 Å². The topological polar surface area (TPSA) is 37.4 Å². The van der Waals surface area contributed by atoms with Gasteiger partial charge in [-0.25, -0.2) is 0 Å². The van der Waals surface area contributed by atoms with E-state index >= 15 is 0 Å². The van der Waals surface area contributed by atoms with Crippen molar-refractivity contribution in [2.24, 2.45) is 0 Å². The normalized spacial score (nSPS) is 13.9. The van der Waals surface area contributed by atoms with Crippen LogP contribution in [0.5, 0.6) is 0 Å². The maximum absolute atomic E-state index is 12.0. The predicted octanol–water partition coefficient (Wildman–Crippen LogP) is 2.75. The van der Waals surface area contributed by atoms with E-state index < -0.39 is 0 Å². The minimum atomic E-state index is -0.189. The van der Waals surface area contributed by atoms with Crippen LogP contribution < -0.4 is 0 Å². The SMILES string of the molecule is CSC(=S)CCCN1C(=O)c2ccccc2C1=O. The molecule has 1 aliphatic rings. The number of thioether (sulfide) groups is 1. The minimum Gasteiger partial charge on any atom is -0.274 e. The van der Waals surface area contributed by atoms with Gasteiger partial charge in [0.25, 0.3) is 11.8 Å². The first-order chi connectivity index (χ1) is 8.65. The van der Waals surface area contributed by atoms with Crippen LogP contribution in [0.3, 0.4) is 0 Å². The van der Waals surface area contributed by atoms with Crippen LogP contribution in [-0.2, 0) is 0 Å². The lowest BCUT2D eigenvalue weighted by Gasteiger charge is -2.13. The highest BCUT2D eigenvalue weighted by Gasteiger charge is 2.34. The van der Waals surface area contributed by atoms with Gasteiger partial charge in [0.1, 0.15) is 0 Å². The molecule has 0 radical (unpaired) electrons. The molecule has 0 aliphatic carbocycles. The van der Waals surface area contributed by atoms with Crippen molar-refractivity contribution in [1.82, 2.24) is 4.90 Å². The second kappa shape index (κ2) is 5.63. The van der Waals surface area contributed by atoms with Gasteiger partial charge in [-0.2, -0.15) is 0 Å². The number of thiocarbonyl (C=S) groups is 1. The van der Waals surface area contributed by atoms with Crippen LogP contribution in [-0.4, -0.2) is 33.7 Å². The highest BCUT2D eigenvalue weighted by molar-refractivity contribution is 8.22. The molecule has 0 unspecified atom stereocenters. The van der Waals surface area contributed by atoms with E-state index in [1.807, 2.05) is 6.26 Å². The van der Waals surface area contributed by atoms with Crippen LogP contribution in [0, 0.1) is 0 Å². The first-order valence-electron chi connectivity index (χ1n) is 5.67. The van der Waals surface area contributed by atoms with Gasteiger partial charge in [0.2, 0.25) is 0 Å². The molecule has 18 heavy (non-hydrogen) atoms. The summed E-state index contributed by atoms with van der Waals surface area (Å²) in [7, 11) is 0. The zero-order chi connectivity index (χ0) is 13.1. The van der Waals surface area contributed by atoms with Gasteiger partial charge in [0.05, 0.1) is 11.1 Å². The zero-order valence-corrected chi connectivity index (χ0v) is 11.6. The highest BCUT2D eigenvalue weighted by Crippen LogP contribution is 2.22. The Labute approximate surface area is 116 Å². The van der Waals surface area contributed by atoms with Crippen molar-refractivity contribution in [3.8, 4) is 0 Å². The first-order valence-corrected chi connectivity index (χ1v) is 7.30. The molecule has 1 aromatic carbocycles. The van der Waals surface area contributed by atoms with Crippen molar-refractivity contribution in [1.29, 1.82) is 0 Å². The van der Waals surface area contributed by atoms with E-state index in [4.69, 9.17) is 12.2 Å². The third kappa shape index (κ3) is 2.47. The zero-order valence-electron chi connectivity index (χ0n) is 10.0. The van der Waals surface area contributed by atoms with Gasteiger partial charge >= 0.3 is 0 Å². The van der Waals surface area contributed by atoms with Gasteiger partial charge in [-0.15, -0.1) is 11.8 Å². The average Bonchev–Trinajstić information content (AvgIpc) is 2.64. The van der Waals surface area contributed by atoms with Crippen molar-refractivity contribution >= 4 is 40.0 Å². The molecule has 2 rings (SSSR count). The van der Waals surface area contributed by atoms with Gasteiger partial charge in [-0.1, -0.05) is 24.4 Å². The Morgan fingerprint density at radius 3 is 2.28 bits per heavy atom. The molecule has 1 heterocycles. The highest BCUT2D eigenvalue weighted by atomic mass is 32.2. The number of carbonyl (C=O) groups excluding carboxylic acids is 2. The molecular weight excluding hydrogens is 266 g/mol. The lowest BCUT2D eigenvalue weighted by molar-refractivity contribution is 0.0653. The molecule has 3 nitrogen and oxygen atoms in total. The van der Waals surface area contributed by atoms with E-state index in [2.05, 4.69) is 0 Å². The Kier molecular flexibility index (Phi) is 4.14. The molecule has 1 aromatic rings. The number of carbonyl (C=O) groups is 2. The van der Waals surface area contributed by atoms with Crippen molar-refractivity contribution in [3.05, 3.63) is 35.4 Å². The number of benzene rings is 1. The Morgan fingerprint density at radius 1 is 1.22 bits per heavy atom. The van der Waals surface area contributed by atoms with E-state index in [0.29, 0.717) is 17.7 Å². The average molecular weight is 279 g/mol. The van der Waals surface area contributed by atoms with E-state index in [1.165, 1.54) is 16.7 Å². The third-order valence-corrected chi connectivity index (χ3v) is 4.23. The molecule has 5 heteroatoms. The third-order valence-electron chi connectivity index (χ3n) is 2.87. The number of imide groups is 1. The maximum atomic E-state index is 12.0. The molecular formula is C13H13NO2S2. The van der Waals surface area contributed by atoms with E-state index in [1.54, 1.807) is 24.3 Å². The fraction of sp³-hybridized carbons (Fsp3) is 0.308. The molecule has 0 aromatic heterocycles. The molecule has 94 valence electrons. The van der Waals surface area contributed by atoms with E-state index in [-0.39, 0.29) is 11.8 Å². The molecule has 0 atom stereocenters. The number of rotatable bonds is 4. The van der Waals surface area contributed by atoms with Gasteiger partial charge in [0.15, 0.2) is 0 Å². The molecule has 1 aliphatic heterocycles. The maximum Gasteiger partial charge on any atom is 0.261 e. The number of fused-ring (bicyclic) bond motifs is 1. The summed E-state index contributed by atoms with van der Waals surface area (Å²) in [4.78, 5) is 25.4. The summed E-state index contributed by atoms with van der Waals surface area (Å²) in [6, 6.07) is 6.94. The van der Waals surface area contributed by atoms with Crippen molar-refractivity contribution in [3.63, 3.8) is 0 Å². The van der Waals surface area contributed by atoms with Crippen molar-refractivity contribution in [2.75, 3.05) is 12.8 Å². The second-order valence-corrected chi connectivity index (χ2v) is 5.64. The summed E-state index contributed by atoms with van der Waals surface area (Å²) in [5.41, 5.74) is 1.02. The van der Waals surface area contributed by atoms with Gasteiger partial charge in [-0.3, -0.25) is 14.5 Å². The monoisotopic (exact) mass is 279 g/mol. The van der Waals surface area contributed by atoms with Crippen molar-refractivity contribution in [2.45, 2.75) is 12.8 Å². The Balaban J connectivity index is 2.03. The Morgan fingerprint density at radius 2 is 1.78 bits per heavy atom. The van der Waals surface area contributed by atoms with Crippen LogP contribution in [0.2, 0.25) is 0 Å². The van der Waals surface area contributed by atoms with Crippen LogP contribution >= 0.6 is 24.0 Å². The molecule has 0 fully saturated rings. The van der Waals surface area contributed by atoms with E-state index in [9.17, 15) is 9.59 Å². The lowest BCUT2D eigenvalue weighted by atomic mass is 10.1. The molecule has 0 bridgehead atoms. The smallest absolute Gasteiger partial charge is 0.261 e. The Bertz CT molecular complexity index is 478. The summed E-state index contributed by atoms with van der Waals surface area (Å²) in [5, 5.41) is 0. The molecule has 0 N–H and O–H groups in total. The van der Waals surface area contributed by atoms with Crippen LogP contribution in [0.1, 0.15) is 33.6 Å². The number of hydrogen-bond acceptors (Lipinski definition) is 4. The van der Waals surface area contributed by atoms with Crippen LogP contribution in [0.25, 0.3) is 0 Å². The molecule has 0 saturated heterocycles. The Hall–Kier alpha value is -1.20. The number of amides is 2. The lowest BCUT2D eigenvalue weighted by Crippen LogP contribution is -2.30. The molecule has 2 amide bonds. The minimum absolute atomic E-state index is 0.189. The van der Waals surface area contributed by atoms with E-state index in [0.717, 1.165) is 17.0 Å². The summed E-state index contributed by atoms with van der Waals surface area (Å²) >= 11 is 6.64. The number of hydrogen-bond donors (Lipinski definition) is 0. The molecule has 0 spiro atoms. The van der Waals surface area contributed by atoms with Gasteiger partial charge in [-0.05, 0) is 31.2 Å². The summed E-state index contributed by atoms with van der Waals surface area (Å²) in [6.45, 7) is 0.438. The summed E-state index contributed by atoms with van der Waals surface area (Å²) in [5.74, 6) is -0.378.